The summed E-state index contributed by atoms with van der Waals surface area (Å²) in [6.45, 7) is 1.63. The maximum Gasteiger partial charge on any atom is 0.416 e. The van der Waals surface area contributed by atoms with E-state index in [1.54, 1.807) is 6.92 Å². The highest BCUT2D eigenvalue weighted by atomic mass is 19.4. The molecule has 0 saturated heterocycles. The first-order valence-electron chi connectivity index (χ1n) is 6.16. The first kappa shape index (κ1) is 15.3. The van der Waals surface area contributed by atoms with Gasteiger partial charge in [0.05, 0.1) is 11.6 Å². The molecule has 0 aromatic heterocycles. The van der Waals surface area contributed by atoms with E-state index in [2.05, 4.69) is 5.32 Å². The molecule has 2 aromatic rings. The molecule has 2 aromatic carbocycles. The predicted octanol–water partition coefficient (Wildman–Crippen LogP) is 5.16. The molecule has 0 spiro atoms. The summed E-state index contributed by atoms with van der Waals surface area (Å²) < 4.78 is 63.7. The van der Waals surface area contributed by atoms with Crippen LogP contribution in [-0.4, -0.2) is 0 Å². The normalized spacial score (nSPS) is 13.0. The Labute approximate surface area is 118 Å². The smallest absolute Gasteiger partial charge is 0.378 e. The molecule has 0 amide bonds. The van der Waals surface area contributed by atoms with Crippen molar-refractivity contribution >= 4 is 5.69 Å². The molecule has 0 heterocycles. The summed E-state index contributed by atoms with van der Waals surface area (Å²) in [5.74, 6) is -1.39. The molecule has 112 valence electrons. The van der Waals surface area contributed by atoms with E-state index < -0.39 is 29.4 Å². The Bertz CT molecular complexity index is 619. The Morgan fingerprint density at radius 1 is 0.952 bits per heavy atom. The molecular weight excluding hydrogens is 289 g/mol. The molecule has 1 atom stereocenters. The second kappa shape index (κ2) is 5.71. The van der Waals surface area contributed by atoms with E-state index >= 15 is 0 Å². The summed E-state index contributed by atoms with van der Waals surface area (Å²) in [6, 6.07) is 7.09. The van der Waals surface area contributed by atoms with Crippen LogP contribution in [0, 0.1) is 11.6 Å². The standard InChI is InChI=1S/C15H12F5N/c1-9(13-7-4-11(16)8-14(13)17)21-12-5-2-10(3-6-12)15(18,19)20/h2-9,21H,1H3. The molecule has 0 aliphatic heterocycles. The fourth-order valence-electron chi connectivity index (χ4n) is 1.94. The zero-order chi connectivity index (χ0) is 15.6. The van der Waals surface area contributed by atoms with E-state index in [0.29, 0.717) is 5.69 Å². The van der Waals surface area contributed by atoms with Crippen molar-refractivity contribution in [3.05, 3.63) is 65.2 Å². The summed E-state index contributed by atoms with van der Waals surface area (Å²) in [5, 5.41) is 2.87. The molecule has 0 radical (unpaired) electrons. The van der Waals surface area contributed by atoms with Gasteiger partial charge in [0.2, 0.25) is 0 Å². The number of nitrogens with one attached hydrogen (secondary N) is 1. The van der Waals surface area contributed by atoms with Gasteiger partial charge in [-0.15, -0.1) is 0 Å². The van der Waals surface area contributed by atoms with Crippen LogP contribution in [-0.2, 0) is 6.18 Å². The zero-order valence-electron chi connectivity index (χ0n) is 11.0. The third kappa shape index (κ3) is 3.71. The van der Waals surface area contributed by atoms with Gasteiger partial charge in [-0.3, -0.25) is 0 Å². The number of hydrogen-bond donors (Lipinski definition) is 1. The van der Waals surface area contributed by atoms with Gasteiger partial charge in [-0.25, -0.2) is 8.78 Å². The average molecular weight is 301 g/mol. The summed E-state index contributed by atoms with van der Waals surface area (Å²) in [5.41, 5.74) is -0.107. The van der Waals surface area contributed by atoms with Gasteiger partial charge < -0.3 is 5.32 Å². The number of anilines is 1. The van der Waals surface area contributed by atoms with Crippen LogP contribution in [0.25, 0.3) is 0 Å². The molecule has 0 aliphatic rings. The van der Waals surface area contributed by atoms with Crippen molar-refractivity contribution in [1.29, 1.82) is 0 Å². The number of hydrogen-bond acceptors (Lipinski definition) is 1. The summed E-state index contributed by atoms with van der Waals surface area (Å²) in [7, 11) is 0. The Morgan fingerprint density at radius 2 is 1.57 bits per heavy atom. The minimum Gasteiger partial charge on any atom is -0.378 e. The van der Waals surface area contributed by atoms with Crippen molar-refractivity contribution in [1.82, 2.24) is 0 Å². The van der Waals surface area contributed by atoms with Crippen LogP contribution < -0.4 is 5.32 Å². The second-order valence-electron chi connectivity index (χ2n) is 4.61. The molecule has 21 heavy (non-hydrogen) atoms. The first-order valence-corrected chi connectivity index (χ1v) is 6.16. The lowest BCUT2D eigenvalue weighted by Crippen LogP contribution is -2.09. The van der Waals surface area contributed by atoms with E-state index in [0.717, 1.165) is 24.3 Å². The van der Waals surface area contributed by atoms with Crippen molar-refractivity contribution < 1.29 is 22.0 Å². The van der Waals surface area contributed by atoms with Crippen molar-refractivity contribution in [2.24, 2.45) is 0 Å². The molecule has 1 N–H and O–H groups in total. The lowest BCUT2D eigenvalue weighted by atomic mass is 10.1. The first-order chi connectivity index (χ1) is 9.77. The van der Waals surface area contributed by atoms with Gasteiger partial charge in [0.25, 0.3) is 0 Å². The Hall–Kier alpha value is -2.11. The minimum absolute atomic E-state index is 0.233. The molecule has 0 bridgehead atoms. The molecule has 1 nitrogen and oxygen atoms in total. The number of rotatable bonds is 3. The van der Waals surface area contributed by atoms with E-state index in [-0.39, 0.29) is 5.56 Å². The molecule has 2 rings (SSSR count). The van der Waals surface area contributed by atoms with Gasteiger partial charge in [0.15, 0.2) is 0 Å². The number of benzene rings is 2. The van der Waals surface area contributed by atoms with E-state index in [9.17, 15) is 22.0 Å². The van der Waals surface area contributed by atoms with Gasteiger partial charge in [-0.05, 0) is 37.3 Å². The fraction of sp³-hybridized carbons (Fsp3) is 0.200. The number of halogens is 5. The van der Waals surface area contributed by atoms with Crippen molar-refractivity contribution in [2.45, 2.75) is 19.1 Å². The highest BCUT2D eigenvalue weighted by Crippen LogP contribution is 2.30. The fourth-order valence-corrected chi connectivity index (χ4v) is 1.94. The number of alkyl halides is 3. The van der Waals surface area contributed by atoms with Crippen molar-refractivity contribution in [3.8, 4) is 0 Å². The quantitative estimate of drug-likeness (QED) is 0.772. The molecule has 0 aliphatic carbocycles. The molecular formula is C15H12F5N. The minimum atomic E-state index is -4.40. The lowest BCUT2D eigenvalue weighted by molar-refractivity contribution is -0.137. The Morgan fingerprint density at radius 3 is 2.10 bits per heavy atom. The maximum absolute atomic E-state index is 13.6. The zero-order valence-corrected chi connectivity index (χ0v) is 11.0. The van der Waals surface area contributed by atoms with E-state index in [4.69, 9.17) is 0 Å². The summed E-state index contributed by atoms with van der Waals surface area (Å²) >= 11 is 0. The highest BCUT2D eigenvalue weighted by molar-refractivity contribution is 5.47. The Kier molecular flexibility index (Phi) is 4.16. The van der Waals surface area contributed by atoms with Gasteiger partial charge in [-0.1, -0.05) is 6.07 Å². The third-order valence-electron chi connectivity index (χ3n) is 3.02. The van der Waals surface area contributed by atoms with Crippen LogP contribution in [0.1, 0.15) is 24.1 Å². The van der Waals surface area contributed by atoms with E-state index in [1.165, 1.54) is 18.2 Å². The predicted molar refractivity (Wildman–Crippen MR) is 69.8 cm³/mol. The molecule has 6 heteroatoms. The van der Waals surface area contributed by atoms with Crippen LogP contribution >= 0.6 is 0 Å². The molecule has 0 saturated carbocycles. The average Bonchev–Trinajstić information content (AvgIpc) is 2.38. The van der Waals surface area contributed by atoms with Gasteiger partial charge in [0, 0.05) is 17.3 Å². The van der Waals surface area contributed by atoms with Gasteiger partial charge >= 0.3 is 6.18 Å². The summed E-state index contributed by atoms with van der Waals surface area (Å²) in [6.07, 6.45) is -4.40. The van der Waals surface area contributed by atoms with Gasteiger partial charge in [-0.2, -0.15) is 13.2 Å². The largest absolute Gasteiger partial charge is 0.416 e. The second-order valence-corrected chi connectivity index (χ2v) is 4.61. The van der Waals surface area contributed by atoms with Crippen molar-refractivity contribution in [3.63, 3.8) is 0 Å². The van der Waals surface area contributed by atoms with Crippen LogP contribution in [0.5, 0.6) is 0 Å². The van der Waals surface area contributed by atoms with Crippen LogP contribution in [0.2, 0.25) is 0 Å². The highest BCUT2D eigenvalue weighted by Gasteiger charge is 2.30. The maximum atomic E-state index is 13.6. The lowest BCUT2D eigenvalue weighted by Gasteiger charge is -2.17. The van der Waals surface area contributed by atoms with Crippen LogP contribution in [0.4, 0.5) is 27.6 Å². The molecule has 1 unspecified atom stereocenters. The Balaban J connectivity index is 2.14. The van der Waals surface area contributed by atoms with Gasteiger partial charge in [0.1, 0.15) is 11.6 Å². The van der Waals surface area contributed by atoms with Crippen LogP contribution in [0.3, 0.4) is 0 Å². The van der Waals surface area contributed by atoms with E-state index in [1.807, 2.05) is 0 Å². The van der Waals surface area contributed by atoms with Crippen LogP contribution in [0.15, 0.2) is 42.5 Å². The topological polar surface area (TPSA) is 12.0 Å². The monoisotopic (exact) mass is 301 g/mol. The summed E-state index contributed by atoms with van der Waals surface area (Å²) in [4.78, 5) is 0. The van der Waals surface area contributed by atoms with Crippen molar-refractivity contribution in [2.75, 3.05) is 5.32 Å². The SMILES string of the molecule is CC(Nc1ccc(C(F)(F)F)cc1)c1ccc(F)cc1F. The third-order valence-corrected chi connectivity index (χ3v) is 3.02. The molecule has 0 fully saturated rings.